The first kappa shape index (κ1) is 19.1. The minimum absolute atomic E-state index is 0.0598. The molecule has 8 nitrogen and oxygen atoms in total. The van der Waals surface area contributed by atoms with Crippen molar-refractivity contribution in [1.29, 1.82) is 0 Å². The zero-order valence-corrected chi connectivity index (χ0v) is 17.7. The Morgan fingerprint density at radius 3 is 2.97 bits per heavy atom. The molecule has 2 aliphatic rings. The van der Waals surface area contributed by atoms with E-state index < -0.39 is 0 Å². The molecule has 2 aliphatic heterocycles. The Hall–Kier alpha value is -3.65. The molecule has 0 bridgehead atoms. The minimum atomic E-state index is -0.0836. The molecule has 6 rings (SSSR count). The topological polar surface area (TPSA) is 84.6 Å². The third-order valence-corrected chi connectivity index (χ3v) is 6.48. The van der Waals surface area contributed by atoms with E-state index in [0.29, 0.717) is 42.6 Å². The first-order valence-electron chi connectivity index (χ1n) is 10.3. The van der Waals surface area contributed by atoms with Gasteiger partial charge < -0.3 is 19.0 Å². The number of fused-ring (bicyclic) bond motifs is 3. The van der Waals surface area contributed by atoms with E-state index in [9.17, 15) is 4.79 Å². The molecular weight excluding hydrogens is 430 g/mol. The van der Waals surface area contributed by atoms with Crippen molar-refractivity contribution in [2.45, 2.75) is 6.04 Å². The van der Waals surface area contributed by atoms with E-state index >= 15 is 0 Å². The number of aromatic nitrogens is 3. The number of para-hydroxylation sites is 1. The lowest BCUT2D eigenvalue weighted by atomic mass is 10.0. The molecule has 160 valence electrons. The SMILES string of the molecule is C=CC(=O)N1CCN2c3ncnc4cc(-c5cccc6ncoc56)c(Cl)c(c34)OC[C@@H]2C1. The molecule has 2 aromatic heterocycles. The van der Waals surface area contributed by atoms with E-state index in [1.807, 2.05) is 24.3 Å². The number of hydrogen-bond donors (Lipinski definition) is 0. The maximum atomic E-state index is 12.2. The first-order valence-corrected chi connectivity index (χ1v) is 10.6. The highest BCUT2D eigenvalue weighted by Gasteiger charge is 2.35. The summed E-state index contributed by atoms with van der Waals surface area (Å²) in [6, 6.07) is 7.61. The highest BCUT2D eigenvalue weighted by Crippen LogP contribution is 2.46. The number of nitrogens with zero attached hydrogens (tertiary/aromatic N) is 5. The second-order valence-electron chi connectivity index (χ2n) is 7.81. The number of benzene rings is 2. The summed E-state index contributed by atoms with van der Waals surface area (Å²) in [4.78, 5) is 29.5. The average molecular weight is 448 g/mol. The number of piperazine rings is 1. The number of hydrogen-bond acceptors (Lipinski definition) is 7. The molecule has 0 aliphatic carbocycles. The van der Waals surface area contributed by atoms with Crippen LogP contribution in [0, 0.1) is 0 Å². The van der Waals surface area contributed by atoms with Crippen LogP contribution in [0.1, 0.15) is 0 Å². The van der Waals surface area contributed by atoms with Gasteiger partial charge in [-0.25, -0.2) is 15.0 Å². The number of oxazole rings is 1. The van der Waals surface area contributed by atoms with Crippen molar-refractivity contribution in [2.75, 3.05) is 31.1 Å². The normalized spacial score (nSPS) is 17.7. The van der Waals surface area contributed by atoms with Crippen LogP contribution in [0.5, 0.6) is 5.75 Å². The van der Waals surface area contributed by atoms with Crippen molar-refractivity contribution >= 4 is 45.3 Å². The van der Waals surface area contributed by atoms with E-state index in [2.05, 4.69) is 26.4 Å². The molecular formula is C23H18ClN5O3. The monoisotopic (exact) mass is 447 g/mol. The number of carbonyl (C=O) groups excluding carboxylic acids is 1. The molecule has 0 unspecified atom stereocenters. The third kappa shape index (κ3) is 2.76. The Morgan fingerprint density at radius 2 is 2.09 bits per heavy atom. The van der Waals surface area contributed by atoms with Crippen LogP contribution in [0.3, 0.4) is 0 Å². The molecule has 32 heavy (non-hydrogen) atoms. The summed E-state index contributed by atoms with van der Waals surface area (Å²) < 4.78 is 11.9. The lowest BCUT2D eigenvalue weighted by molar-refractivity contribution is -0.126. The zero-order valence-electron chi connectivity index (χ0n) is 17.0. The number of ether oxygens (including phenoxy) is 1. The van der Waals surface area contributed by atoms with Crippen LogP contribution in [0.25, 0.3) is 33.1 Å². The van der Waals surface area contributed by atoms with Gasteiger partial charge in [-0.2, -0.15) is 0 Å². The molecule has 9 heteroatoms. The van der Waals surface area contributed by atoms with Gasteiger partial charge in [0.05, 0.1) is 22.0 Å². The van der Waals surface area contributed by atoms with Crippen LogP contribution in [-0.2, 0) is 4.79 Å². The van der Waals surface area contributed by atoms with Crippen molar-refractivity contribution in [3.8, 4) is 16.9 Å². The summed E-state index contributed by atoms with van der Waals surface area (Å²) in [6.45, 7) is 5.71. The maximum Gasteiger partial charge on any atom is 0.246 e. The Morgan fingerprint density at radius 1 is 1.19 bits per heavy atom. The van der Waals surface area contributed by atoms with Gasteiger partial charge in [-0.15, -0.1) is 0 Å². The van der Waals surface area contributed by atoms with Crippen molar-refractivity contribution in [3.63, 3.8) is 0 Å². The van der Waals surface area contributed by atoms with Crippen LogP contribution in [0.15, 0.2) is 54.1 Å². The fraction of sp³-hybridized carbons (Fsp3) is 0.217. The van der Waals surface area contributed by atoms with Gasteiger partial charge in [0.2, 0.25) is 5.91 Å². The van der Waals surface area contributed by atoms with Crippen molar-refractivity contribution in [2.24, 2.45) is 0 Å². The summed E-state index contributed by atoms with van der Waals surface area (Å²) in [5, 5.41) is 1.24. The molecule has 4 heterocycles. The predicted molar refractivity (Wildman–Crippen MR) is 121 cm³/mol. The molecule has 0 saturated carbocycles. The Labute approximate surface area is 188 Å². The Balaban J connectivity index is 1.52. The number of halogens is 1. The first-order chi connectivity index (χ1) is 15.7. The molecule has 4 aromatic rings. The van der Waals surface area contributed by atoms with E-state index in [1.165, 1.54) is 12.5 Å². The zero-order chi connectivity index (χ0) is 21.8. The largest absolute Gasteiger partial charge is 0.489 e. The molecule has 1 saturated heterocycles. The van der Waals surface area contributed by atoms with Crippen molar-refractivity contribution in [1.82, 2.24) is 19.9 Å². The van der Waals surface area contributed by atoms with Crippen LogP contribution in [0.2, 0.25) is 5.02 Å². The maximum absolute atomic E-state index is 12.2. The lowest BCUT2D eigenvalue weighted by Gasteiger charge is -2.40. The van der Waals surface area contributed by atoms with Crippen LogP contribution >= 0.6 is 11.6 Å². The molecule has 1 amide bonds. The highest BCUT2D eigenvalue weighted by molar-refractivity contribution is 6.37. The summed E-state index contributed by atoms with van der Waals surface area (Å²) in [5.41, 5.74) is 3.70. The van der Waals surface area contributed by atoms with Gasteiger partial charge in [-0.3, -0.25) is 4.79 Å². The van der Waals surface area contributed by atoms with Crippen molar-refractivity contribution < 1.29 is 13.9 Å². The molecule has 0 N–H and O–H groups in total. The summed E-state index contributed by atoms with van der Waals surface area (Å²) in [5.74, 6) is 1.23. The van der Waals surface area contributed by atoms with E-state index in [-0.39, 0.29) is 11.9 Å². The molecule has 2 aromatic carbocycles. The fourth-order valence-electron chi connectivity index (χ4n) is 4.58. The average Bonchev–Trinajstić information content (AvgIpc) is 3.24. The third-order valence-electron chi connectivity index (χ3n) is 6.11. The van der Waals surface area contributed by atoms with E-state index in [0.717, 1.165) is 33.4 Å². The van der Waals surface area contributed by atoms with Gasteiger partial charge in [0.15, 0.2) is 17.7 Å². The minimum Gasteiger partial charge on any atom is -0.489 e. The Kier molecular flexibility index (Phi) is 4.29. The van der Waals surface area contributed by atoms with Crippen LogP contribution in [-0.4, -0.2) is 58.0 Å². The Bertz CT molecular complexity index is 1400. The van der Waals surface area contributed by atoms with Gasteiger partial charge in [0.25, 0.3) is 0 Å². The smallest absolute Gasteiger partial charge is 0.246 e. The van der Waals surface area contributed by atoms with Gasteiger partial charge in [0, 0.05) is 30.8 Å². The van der Waals surface area contributed by atoms with E-state index in [1.54, 1.807) is 11.2 Å². The second kappa shape index (κ2) is 7.20. The number of amides is 1. The molecule has 0 spiro atoms. The van der Waals surface area contributed by atoms with Crippen LogP contribution < -0.4 is 9.64 Å². The molecule has 1 atom stereocenters. The summed E-state index contributed by atoms with van der Waals surface area (Å²) >= 11 is 6.93. The van der Waals surface area contributed by atoms with Crippen molar-refractivity contribution in [3.05, 3.63) is 54.7 Å². The second-order valence-corrected chi connectivity index (χ2v) is 8.19. The van der Waals surface area contributed by atoms with Gasteiger partial charge in [0.1, 0.15) is 24.3 Å². The lowest BCUT2D eigenvalue weighted by Crippen LogP contribution is -2.56. The van der Waals surface area contributed by atoms with Crippen LogP contribution in [0.4, 0.5) is 5.82 Å². The number of anilines is 1. The van der Waals surface area contributed by atoms with Gasteiger partial charge in [-0.1, -0.05) is 30.3 Å². The fourth-order valence-corrected chi connectivity index (χ4v) is 4.89. The summed E-state index contributed by atoms with van der Waals surface area (Å²) in [7, 11) is 0. The quantitative estimate of drug-likeness (QED) is 0.433. The van der Waals surface area contributed by atoms with Gasteiger partial charge >= 0.3 is 0 Å². The number of rotatable bonds is 2. The predicted octanol–water partition coefficient (Wildman–Crippen LogP) is 3.69. The molecule has 0 radical (unpaired) electrons. The summed E-state index contributed by atoms with van der Waals surface area (Å²) in [6.07, 6.45) is 4.32. The standard InChI is InChI=1S/C23H18ClN5O3/c1-2-18(30)28-6-7-29-13(9-28)10-31-22-19-17(25-11-26-23(19)29)8-15(20(22)24)14-4-3-5-16-21(14)32-12-27-16/h2-5,8,11-13H,1,6-7,9-10H2/t13-/m0/s1. The van der Waals surface area contributed by atoms with E-state index in [4.69, 9.17) is 20.8 Å². The van der Waals surface area contributed by atoms with Gasteiger partial charge in [-0.05, 0) is 18.2 Å². The molecule has 1 fully saturated rings. The highest BCUT2D eigenvalue weighted by atomic mass is 35.5. The number of carbonyl (C=O) groups is 1.